The van der Waals surface area contributed by atoms with Crippen LogP contribution in [0, 0.1) is 6.92 Å². The second-order valence-electron chi connectivity index (χ2n) is 2.36. The topological polar surface area (TPSA) is 52.3 Å². The van der Waals surface area contributed by atoms with E-state index in [1.807, 2.05) is 6.92 Å². The predicted octanol–water partition coefficient (Wildman–Crippen LogP) is 1.58. The summed E-state index contributed by atoms with van der Waals surface area (Å²) in [6.45, 7) is 5.39. The van der Waals surface area contributed by atoms with E-state index in [4.69, 9.17) is 9.15 Å². The van der Waals surface area contributed by atoms with Crippen molar-refractivity contribution < 1.29 is 13.9 Å². The Morgan fingerprint density at radius 2 is 2.33 bits per heavy atom. The van der Waals surface area contributed by atoms with Gasteiger partial charge in [-0.25, -0.2) is 4.98 Å². The fourth-order valence-electron chi connectivity index (χ4n) is 0.860. The van der Waals surface area contributed by atoms with Gasteiger partial charge in [0.25, 0.3) is 0 Å². The van der Waals surface area contributed by atoms with Gasteiger partial charge in [0.2, 0.25) is 0 Å². The number of aryl methyl sites for hydroxylation is 1. The molecule has 0 aliphatic carbocycles. The van der Waals surface area contributed by atoms with E-state index >= 15 is 0 Å². The summed E-state index contributed by atoms with van der Waals surface area (Å²) in [5.74, 6) is 0.529. The van der Waals surface area contributed by atoms with Gasteiger partial charge in [0.15, 0.2) is 17.4 Å². The molecule has 0 bridgehead atoms. The lowest BCUT2D eigenvalue weighted by Gasteiger charge is -1.96. The number of hydrogen-bond acceptors (Lipinski definition) is 4. The minimum Gasteiger partial charge on any atom is -0.464 e. The highest BCUT2D eigenvalue weighted by molar-refractivity contribution is 5.94. The number of ketones is 1. The number of hydrogen-bond donors (Lipinski definition) is 0. The molecular formula is C8H11NO3. The molecule has 66 valence electrons. The molecule has 0 amide bonds. The Balaban J connectivity index is 2.99. The predicted molar refractivity (Wildman–Crippen MR) is 42.4 cm³/mol. The van der Waals surface area contributed by atoms with Gasteiger partial charge in [-0.3, -0.25) is 4.79 Å². The summed E-state index contributed by atoms with van der Waals surface area (Å²) < 4.78 is 10.1. The van der Waals surface area contributed by atoms with Crippen molar-refractivity contribution in [1.29, 1.82) is 0 Å². The zero-order valence-electron chi connectivity index (χ0n) is 7.38. The standard InChI is InChI=1S/C8H11NO3/c1-4-11-8-7(5(2)10)9-6(3)12-8/h4H2,1-3H3. The lowest BCUT2D eigenvalue weighted by Crippen LogP contribution is -1.98. The Kier molecular flexibility index (Phi) is 2.47. The van der Waals surface area contributed by atoms with Crippen LogP contribution in [0.5, 0.6) is 5.95 Å². The Morgan fingerprint density at radius 1 is 1.67 bits per heavy atom. The van der Waals surface area contributed by atoms with Gasteiger partial charge in [-0.2, -0.15) is 0 Å². The molecule has 0 atom stereocenters. The van der Waals surface area contributed by atoms with Crippen LogP contribution >= 0.6 is 0 Å². The molecule has 0 saturated carbocycles. The summed E-state index contributed by atoms with van der Waals surface area (Å²) in [6.07, 6.45) is 0. The Labute approximate surface area is 70.5 Å². The minimum absolute atomic E-state index is 0.143. The highest BCUT2D eigenvalue weighted by Crippen LogP contribution is 2.19. The zero-order chi connectivity index (χ0) is 9.14. The summed E-state index contributed by atoms with van der Waals surface area (Å²) in [5.41, 5.74) is 0.273. The van der Waals surface area contributed by atoms with Crippen LogP contribution < -0.4 is 4.74 Å². The first-order valence-electron chi connectivity index (χ1n) is 3.76. The van der Waals surface area contributed by atoms with Crippen LogP contribution in [0.1, 0.15) is 30.2 Å². The first kappa shape index (κ1) is 8.77. The normalized spacial score (nSPS) is 9.92. The maximum atomic E-state index is 11.0. The molecule has 1 aromatic heterocycles. The van der Waals surface area contributed by atoms with E-state index in [0.29, 0.717) is 12.5 Å². The molecule has 0 radical (unpaired) electrons. The second kappa shape index (κ2) is 3.38. The van der Waals surface area contributed by atoms with E-state index in [-0.39, 0.29) is 17.4 Å². The number of carbonyl (C=O) groups excluding carboxylic acids is 1. The number of oxazole rings is 1. The first-order valence-corrected chi connectivity index (χ1v) is 3.76. The molecule has 0 fully saturated rings. The van der Waals surface area contributed by atoms with Crippen LogP contribution in [0.3, 0.4) is 0 Å². The lowest BCUT2D eigenvalue weighted by atomic mass is 10.3. The highest BCUT2D eigenvalue weighted by Gasteiger charge is 2.15. The van der Waals surface area contributed by atoms with E-state index in [1.54, 1.807) is 6.92 Å². The van der Waals surface area contributed by atoms with Crippen LogP contribution in [0.15, 0.2) is 4.42 Å². The molecule has 4 heteroatoms. The molecule has 0 aliphatic rings. The highest BCUT2D eigenvalue weighted by atomic mass is 16.6. The van der Waals surface area contributed by atoms with Gasteiger partial charge < -0.3 is 9.15 Å². The zero-order valence-corrected chi connectivity index (χ0v) is 7.38. The van der Waals surface area contributed by atoms with E-state index in [2.05, 4.69) is 4.98 Å². The van der Waals surface area contributed by atoms with Gasteiger partial charge in [-0.15, -0.1) is 0 Å². The van der Waals surface area contributed by atoms with Gasteiger partial charge in [0, 0.05) is 13.8 Å². The summed E-state index contributed by atoms with van der Waals surface area (Å²) in [4.78, 5) is 14.8. The van der Waals surface area contributed by atoms with Crippen molar-refractivity contribution >= 4 is 5.78 Å². The number of Topliss-reactive ketones (excluding diaryl/α,β-unsaturated/α-hetero) is 1. The summed E-state index contributed by atoms with van der Waals surface area (Å²) >= 11 is 0. The summed E-state index contributed by atoms with van der Waals surface area (Å²) in [5, 5.41) is 0. The molecule has 4 nitrogen and oxygen atoms in total. The SMILES string of the molecule is CCOc1oc(C)nc1C(C)=O. The van der Waals surface area contributed by atoms with Crippen molar-refractivity contribution in [1.82, 2.24) is 4.98 Å². The molecule has 0 unspecified atom stereocenters. The van der Waals surface area contributed by atoms with Crippen LogP contribution in [-0.4, -0.2) is 17.4 Å². The van der Waals surface area contributed by atoms with Crippen LogP contribution in [0.25, 0.3) is 0 Å². The Bertz CT molecular complexity index is 290. The largest absolute Gasteiger partial charge is 0.464 e. The number of rotatable bonds is 3. The molecule has 0 aromatic carbocycles. The Hall–Kier alpha value is -1.32. The van der Waals surface area contributed by atoms with Crippen LogP contribution in [0.4, 0.5) is 0 Å². The molecule has 1 rings (SSSR count). The van der Waals surface area contributed by atoms with E-state index in [0.717, 1.165) is 0 Å². The van der Waals surface area contributed by atoms with Crippen molar-refractivity contribution in [2.24, 2.45) is 0 Å². The number of ether oxygens (including phenoxy) is 1. The third-order valence-corrected chi connectivity index (χ3v) is 1.31. The van der Waals surface area contributed by atoms with Crippen molar-refractivity contribution in [2.75, 3.05) is 6.61 Å². The van der Waals surface area contributed by atoms with E-state index in [9.17, 15) is 4.79 Å². The molecule has 0 saturated heterocycles. The first-order chi connectivity index (χ1) is 5.65. The van der Waals surface area contributed by atoms with Crippen molar-refractivity contribution in [3.05, 3.63) is 11.6 Å². The maximum absolute atomic E-state index is 11.0. The number of carbonyl (C=O) groups is 1. The van der Waals surface area contributed by atoms with Gasteiger partial charge in [0.1, 0.15) is 0 Å². The van der Waals surface area contributed by atoms with Gasteiger partial charge >= 0.3 is 5.95 Å². The molecule has 0 spiro atoms. The smallest absolute Gasteiger partial charge is 0.316 e. The average molecular weight is 169 g/mol. The average Bonchev–Trinajstić information content (AvgIpc) is 2.32. The third kappa shape index (κ3) is 1.64. The monoisotopic (exact) mass is 169 g/mol. The van der Waals surface area contributed by atoms with Crippen LogP contribution in [0.2, 0.25) is 0 Å². The maximum Gasteiger partial charge on any atom is 0.316 e. The molecule has 0 aliphatic heterocycles. The van der Waals surface area contributed by atoms with Gasteiger partial charge in [0.05, 0.1) is 6.61 Å². The van der Waals surface area contributed by atoms with Crippen molar-refractivity contribution in [3.8, 4) is 5.95 Å². The van der Waals surface area contributed by atoms with Crippen molar-refractivity contribution in [2.45, 2.75) is 20.8 Å². The molecule has 1 heterocycles. The quantitative estimate of drug-likeness (QED) is 0.644. The lowest BCUT2D eigenvalue weighted by molar-refractivity contribution is 0.100. The van der Waals surface area contributed by atoms with Gasteiger partial charge in [-0.05, 0) is 6.92 Å². The van der Waals surface area contributed by atoms with E-state index < -0.39 is 0 Å². The number of nitrogens with zero attached hydrogens (tertiary/aromatic N) is 1. The van der Waals surface area contributed by atoms with Crippen molar-refractivity contribution in [3.63, 3.8) is 0 Å². The second-order valence-corrected chi connectivity index (χ2v) is 2.36. The molecule has 0 N–H and O–H groups in total. The van der Waals surface area contributed by atoms with Crippen LogP contribution in [-0.2, 0) is 0 Å². The molecule has 12 heavy (non-hydrogen) atoms. The number of aromatic nitrogens is 1. The fraction of sp³-hybridized carbons (Fsp3) is 0.500. The molecular weight excluding hydrogens is 158 g/mol. The van der Waals surface area contributed by atoms with E-state index in [1.165, 1.54) is 6.92 Å². The summed E-state index contributed by atoms with van der Waals surface area (Å²) in [7, 11) is 0. The molecule has 1 aromatic rings. The third-order valence-electron chi connectivity index (χ3n) is 1.31. The summed E-state index contributed by atoms with van der Waals surface area (Å²) in [6, 6.07) is 0. The minimum atomic E-state index is -0.143. The fourth-order valence-corrected chi connectivity index (χ4v) is 0.860. The van der Waals surface area contributed by atoms with Gasteiger partial charge in [-0.1, -0.05) is 0 Å². The Morgan fingerprint density at radius 3 is 2.83 bits per heavy atom.